The van der Waals surface area contributed by atoms with Crippen LogP contribution in [0.1, 0.15) is 50.2 Å². The summed E-state index contributed by atoms with van der Waals surface area (Å²) >= 11 is 0. The van der Waals surface area contributed by atoms with E-state index in [4.69, 9.17) is 0 Å². The lowest BCUT2D eigenvalue weighted by molar-refractivity contribution is -0.116. The summed E-state index contributed by atoms with van der Waals surface area (Å²) in [4.78, 5) is 11.9. The highest BCUT2D eigenvalue weighted by molar-refractivity contribution is 5.96. The largest absolute Gasteiger partial charge is 0.273 e. The number of hydrogen-bond acceptors (Lipinski definition) is 2. The summed E-state index contributed by atoms with van der Waals surface area (Å²) in [5.41, 5.74) is 4.35. The van der Waals surface area contributed by atoms with Gasteiger partial charge in [0.1, 0.15) is 0 Å². The Morgan fingerprint density at radius 2 is 1.84 bits per heavy atom. The summed E-state index contributed by atoms with van der Waals surface area (Å²) in [5.74, 6) is -0.0231. The first kappa shape index (κ1) is 13.8. The lowest BCUT2D eigenvalue weighted by Gasteiger charge is -2.21. The van der Waals surface area contributed by atoms with E-state index in [-0.39, 0.29) is 5.91 Å². The van der Waals surface area contributed by atoms with Gasteiger partial charge in [0.15, 0.2) is 0 Å². The van der Waals surface area contributed by atoms with Gasteiger partial charge in [-0.1, -0.05) is 24.1 Å². The Kier molecular flexibility index (Phi) is 4.35. The zero-order chi connectivity index (χ0) is 13.8. The maximum atomic E-state index is 11.9. The predicted octanol–water partition coefficient (Wildman–Crippen LogP) is 3.98. The lowest BCUT2D eigenvalue weighted by atomic mass is 9.99. The van der Waals surface area contributed by atoms with E-state index in [1.54, 1.807) is 11.9 Å². The van der Waals surface area contributed by atoms with Crippen LogP contribution < -0.4 is 5.01 Å². The summed E-state index contributed by atoms with van der Waals surface area (Å²) in [7, 11) is 0. The van der Waals surface area contributed by atoms with Crippen LogP contribution >= 0.6 is 0 Å². The molecule has 0 N–H and O–H groups in total. The summed E-state index contributed by atoms with van der Waals surface area (Å²) in [5, 5.41) is 6.16. The molecule has 1 aliphatic carbocycles. The number of carbonyl (C=O) groups excluding carboxylic acids is 1. The number of amides is 1. The second kappa shape index (κ2) is 6.00. The first-order valence-corrected chi connectivity index (χ1v) is 7.02. The van der Waals surface area contributed by atoms with Gasteiger partial charge in [0.05, 0.1) is 5.69 Å². The molecule has 3 heteroatoms. The minimum absolute atomic E-state index is 0.0231. The molecule has 0 unspecified atom stereocenters. The van der Waals surface area contributed by atoms with Crippen molar-refractivity contribution in [3.8, 4) is 0 Å². The van der Waals surface area contributed by atoms with Crippen LogP contribution in [0, 0.1) is 13.8 Å². The molecule has 102 valence electrons. The Bertz CT molecular complexity index is 497. The van der Waals surface area contributed by atoms with Crippen LogP contribution in [0.2, 0.25) is 0 Å². The molecule has 0 aliphatic heterocycles. The molecule has 3 nitrogen and oxygen atoms in total. The van der Waals surface area contributed by atoms with E-state index in [0.717, 1.165) is 29.8 Å². The minimum Gasteiger partial charge on any atom is -0.273 e. The van der Waals surface area contributed by atoms with Gasteiger partial charge >= 0.3 is 0 Å². The molecule has 0 heterocycles. The number of anilines is 1. The fourth-order valence-electron chi connectivity index (χ4n) is 2.54. The molecular weight excluding hydrogens is 236 g/mol. The summed E-state index contributed by atoms with van der Waals surface area (Å²) in [6, 6.07) is 6.10. The first-order valence-electron chi connectivity index (χ1n) is 7.02. The van der Waals surface area contributed by atoms with Crippen molar-refractivity contribution in [1.82, 2.24) is 0 Å². The third-order valence-electron chi connectivity index (χ3n) is 3.55. The van der Waals surface area contributed by atoms with E-state index in [1.165, 1.54) is 24.8 Å². The third kappa shape index (κ3) is 3.43. The molecule has 0 spiro atoms. The van der Waals surface area contributed by atoms with Crippen molar-refractivity contribution in [2.45, 2.75) is 52.9 Å². The Morgan fingerprint density at radius 3 is 2.42 bits per heavy atom. The van der Waals surface area contributed by atoms with Gasteiger partial charge in [0, 0.05) is 12.6 Å². The zero-order valence-electron chi connectivity index (χ0n) is 12.1. The van der Waals surface area contributed by atoms with Crippen LogP contribution in [0.5, 0.6) is 0 Å². The molecule has 0 aromatic heterocycles. The molecule has 1 aromatic rings. The van der Waals surface area contributed by atoms with Gasteiger partial charge in [-0.3, -0.25) is 4.79 Å². The molecule has 1 saturated carbocycles. The molecule has 2 rings (SSSR count). The number of benzene rings is 1. The number of hydrogen-bond donors (Lipinski definition) is 0. The normalized spacial score (nSPS) is 15.2. The van der Waals surface area contributed by atoms with Crippen LogP contribution in [0.25, 0.3) is 0 Å². The Balaban J connectivity index is 2.31. The second-order valence-corrected chi connectivity index (χ2v) is 5.35. The van der Waals surface area contributed by atoms with Gasteiger partial charge < -0.3 is 0 Å². The number of aryl methyl sites for hydroxylation is 2. The highest BCUT2D eigenvalue weighted by Gasteiger charge is 2.15. The van der Waals surface area contributed by atoms with Crippen LogP contribution in [-0.2, 0) is 4.79 Å². The van der Waals surface area contributed by atoms with Crippen molar-refractivity contribution >= 4 is 17.3 Å². The number of carbonyl (C=O) groups is 1. The van der Waals surface area contributed by atoms with Gasteiger partial charge in [0.25, 0.3) is 0 Å². The molecule has 0 bridgehead atoms. The average molecular weight is 258 g/mol. The van der Waals surface area contributed by atoms with Gasteiger partial charge in [0.2, 0.25) is 5.91 Å². The maximum Gasteiger partial charge on any atom is 0.244 e. The quantitative estimate of drug-likeness (QED) is 0.739. The molecule has 0 radical (unpaired) electrons. The van der Waals surface area contributed by atoms with E-state index < -0.39 is 0 Å². The van der Waals surface area contributed by atoms with Crippen molar-refractivity contribution in [1.29, 1.82) is 0 Å². The van der Waals surface area contributed by atoms with Crippen molar-refractivity contribution in [3.05, 3.63) is 29.3 Å². The van der Waals surface area contributed by atoms with E-state index in [9.17, 15) is 4.79 Å². The van der Waals surface area contributed by atoms with E-state index in [1.807, 2.05) is 19.1 Å². The van der Waals surface area contributed by atoms with Crippen molar-refractivity contribution in [3.63, 3.8) is 0 Å². The fourth-order valence-corrected chi connectivity index (χ4v) is 2.54. The molecule has 1 aliphatic rings. The Morgan fingerprint density at radius 1 is 1.16 bits per heavy atom. The average Bonchev–Trinajstić information content (AvgIpc) is 2.38. The van der Waals surface area contributed by atoms with Crippen molar-refractivity contribution in [2.24, 2.45) is 5.10 Å². The SMILES string of the molecule is CC(=O)N(N=C1CCCCC1)c1ccc(C)cc1C. The van der Waals surface area contributed by atoms with Crippen LogP contribution in [-0.4, -0.2) is 11.6 Å². The minimum atomic E-state index is -0.0231. The van der Waals surface area contributed by atoms with Crippen molar-refractivity contribution in [2.75, 3.05) is 5.01 Å². The molecule has 1 fully saturated rings. The van der Waals surface area contributed by atoms with Crippen LogP contribution in [0.15, 0.2) is 23.3 Å². The number of rotatable bonds is 2. The second-order valence-electron chi connectivity index (χ2n) is 5.35. The van der Waals surface area contributed by atoms with E-state index >= 15 is 0 Å². The van der Waals surface area contributed by atoms with Gasteiger partial charge in [-0.2, -0.15) is 5.10 Å². The summed E-state index contributed by atoms with van der Waals surface area (Å²) in [6.07, 6.45) is 5.71. The van der Waals surface area contributed by atoms with Crippen molar-refractivity contribution < 1.29 is 4.79 Å². The maximum absolute atomic E-state index is 11.9. The third-order valence-corrected chi connectivity index (χ3v) is 3.55. The predicted molar refractivity (Wildman–Crippen MR) is 79.6 cm³/mol. The van der Waals surface area contributed by atoms with Gasteiger partial charge in [-0.05, 0) is 51.2 Å². The summed E-state index contributed by atoms with van der Waals surface area (Å²) < 4.78 is 0. The molecule has 1 amide bonds. The fraction of sp³-hybridized carbons (Fsp3) is 0.500. The van der Waals surface area contributed by atoms with Crippen LogP contribution in [0.3, 0.4) is 0 Å². The van der Waals surface area contributed by atoms with Gasteiger partial charge in [-0.15, -0.1) is 0 Å². The molecule has 0 saturated heterocycles. The molecular formula is C16H22N2O. The lowest BCUT2D eigenvalue weighted by Crippen LogP contribution is -2.25. The highest BCUT2D eigenvalue weighted by atomic mass is 16.2. The summed E-state index contributed by atoms with van der Waals surface area (Å²) in [6.45, 7) is 5.66. The van der Waals surface area contributed by atoms with Crippen LogP contribution in [0.4, 0.5) is 5.69 Å². The van der Waals surface area contributed by atoms with E-state index in [2.05, 4.69) is 18.1 Å². The zero-order valence-corrected chi connectivity index (χ0v) is 12.1. The monoisotopic (exact) mass is 258 g/mol. The smallest absolute Gasteiger partial charge is 0.244 e. The highest BCUT2D eigenvalue weighted by Crippen LogP contribution is 2.23. The Hall–Kier alpha value is -1.64. The molecule has 0 atom stereocenters. The number of nitrogens with zero attached hydrogens (tertiary/aromatic N) is 2. The molecule has 1 aromatic carbocycles. The van der Waals surface area contributed by atoms with Gasteiger partial charge in [-0.25, -0.2) is 5.01 Å². The standard InChI is InChI=1S/C16H22N2O/c1-12-9-10-16(13(2)11-12)18(14(3)19)17-15-7-5-4-6-8-15/h9-11H,4-8H2,1-3H3. The topological polar surface area (TPSA) is 32.7 Å². The number of hydrazone groups is 1. The first-order chi connectivity index (χ1) is 9.08. The van der Waals surface area contributed by atoms with E-state index in [0.29, 0.717) is 0 Å². The Labute approximate surface area is 115 Å². The molecule has 19 heavy (non-hydrogen) atoms.